The number of benzene rings is 2. The maximum atomic E-state index is 14.9. The number of carbonyl (C=O) groups excluding carboxylic acids is 3. The first-order chi connectivity index (χ1) is 24.7. The number of halogens is 1. The summed E-state index contributed by atoms with van der Waals surface area (Å²) < 4.78 is 21.0. The zero-order chi connectivity index (χ0) is 35.9. The van der Waals surface area contributed by atoms with Crippen molar-refractivity contribution < 1.29 is 23.5 Å². The first-order valence-corrected chi connectivity index (χ1v) is 18.3. The van der Waals surface area contributed by atoms with E-state index < -0.39 is 17.8 Å². The van der Waals surface area contributed by atoms with Crippen molar-refractivity contribution in [2.75, 3.05) is 66.0 Å². The van der Waals surface area contributed by atoms with E-state index in [1.165, 1.54) is 12.5 Å². The van der Waals surface area contributed by atoms with Gasteiger partial charge in [0.05, 0.1) is 41.9 Å². The molecular formula is C38H50FN7O5. The van der Waals surface area contributed by atoms with Crippen molar-refractivity contribution >= 4 is 28.5 Å². The van der Waals surface area contributed by atoms with Crippen molar-refractivity contribution in [1.82, 2.24) is 29.8 Å². The number of piperidine rings is 1. The summed E-state index contributed by atoms with van der Waals surface area (Å²) >= 11 is 0. The van der Waals surface area contributed by atoms with Crippen molar-refractivity contribution in [2.45, 2.75) is 63.5 Å². The van der Waals surface area contributed by atoms with Gasteiger partial charge in [0.15, 0.2) is 0 Å². The van der Waals surface area contributed by atoms with Gasteiger partial charge < -0.3 is 25.2 Å². The normalized spacial score (nSPS) is 18.4. The summed E-state index contributed by atoms with van der Waals surface area (Å²) in [4.78, 5) is 58.8. The SMILES string of the molecule is CN(CCOC1CCN(C(=O)[C@H](N)C2CCCCC2)CC1)CC(=O)N1CCN(C(=O)c2cc(Cc3n[nH]c(=O)c4ccccc34)ccc2F)CC1. The van der Waals surface area contributed by atoms with Crippen LogP contribution in [0.4, 0.5) is 4.39 Å². The van der Waals surface area contributed by atoms with E-state index in [2.05, 4.69) is 10.2 Å². The molecule has 0 radical (unpaired) electrons. The zero-order valence-corrected chi connectivity index (χ0v) is 29.5. The number of fused-ring (bicyclic) bond motifs is 1. The van der Waals surface area contributed by atoms with Crippen LogP contribution in [0, 0.1) is 11.7 Å². The fourth-order valence-corrected chi connectivity index (χ4v) is 7.61. The second-order valence-corrected chi connectivity index (χ2v) is 14.3. The lowest BCUT2D eigenvalue weighted by molar-refractivity contribution is -0.136. The fraction of sp³-hybridized carbons (Fsp3) is 0.553. The molecule has 2 aromatic carbocycles. The number of H-pyrrole nitrogens is 1. The van der Waals surface area contributed by atoms with Crippen LogP contribution in [0.3, 0.4) is 0 Å². The molecule has 2 saturated heterocycles. The molecule has 3 aromatic rings. The van der Waals surface area contributed by atoms with Gasteiger partial charge in [-0.25, -0.2) is 9.49 Å². The van der Waals surface area contributed by atoms with Crippen LogP contribution >= 0.6 is 0 Å². The Labute approximate surface area is 298 Å². The molecule has 3 heterocycles. The molecule has 274 valence electrons. The molecule has 0 bridgehead atoms. The number of carbonyl (C=O) groups is 3. The number of ether oxygens (including phenoxy) is 1. The average molecular weight is 704 g/mol. The number of likely N-dealkylation sites (tertiary alicyclic amines) is 1. The predicted molar refractivity (Wildman–Crippen MR) is 192 cm³/mol. The number of hydrogen-bond acceptors (Lipinski definition) is 8. The third-order valence-corrected chi connectivity index (χ3v) is 10.8. The minimum atomic E-state index is -0.608. The largest absolute Gasteiger partial charge is 0.377 e. The summed E-state index contributed by atoms with van der Waals surface area (Å²) in [5.74, 6) is -0.671. The van der Waals surface area contributed by atoms with Crippen LogP contribution in [0.2, 0.25) is 0 Å². The minimum Gasteiger partial charge on any atom is -0.377 e. The lowest BCUT2D eigenvalue weighted by Crippen LogP contribution is -2.52. The molecule has 2 aliphatic heterocycles. The Bertz CT molecular complexity index is 1750. The van der Waals surface area contributed by atoms with Gasteiger partial charge in [0.25, 0.3) is 11.5 Å². The zero-order valence-electron chi connectivity index (χ0n) is 29.5. The monoisotopic (exact) mass is 703 g/mol. The molecule has 3 aliphatic rings. The molecule has 1 aliphatic carbocycles. The van der Waals surface area contributed by atoms with Crippen LogP contribution < -0.4 is 11.3 Å². The van der Waals surface area contributed by atoms with E-state index in [1.54, 1.807) is 34.1 Å². The number of aromatic amines is 1. The average Bonchev–Trinajstić information content (AvgIpc) is 3.16. The standard InChI is InChI=1S/C38H50FN7O5/c1-43(21-22-51-28-13-15-45(16-14-28)38(50)35(40)27-7-3-2-4-8-27)25-34(47)44-17-19-46(20-18-44)37(49)31-23-26(11-12-32(31)39)24-33-29-9-5-6-10-30(29)36(48)42-41-33/h5-6,9-12,23,27-28,35H,2-4,7-8,13-22,24-25,40H2,1H3,(H,42,48)/t35-/m1/s1. The van der Waals surface area contributed by atoms with E-state index in [0.717, 1.165) is 38.5 Å². The van der Waals surface area contributed by atoms with Gasteiger partial charge in [-0.05, 0) is 62.4 Å². The topological polar surface area (TPSA) is 145 Å². The molecule has 0 spiro atoms. The Morgan fingerprint density at radius 2 is 1.63 bits per heavy atom. The predicted octanol–water partition coefficient (Wildman–Crippen LogP) is 2.78. The van der Waals surface area contributed by atoms with E-state index >= 15 is 0 Å². The van der Waals surface area contributed by atoms with Gasteiger partial charge in [-0.1, -0.05) is 43.5 Å². The van der Waals surface area contributed by atoms with Crippen LogP contribution in [0.1, 0.15) is 66.6 Å². The van der Waals surface area contributed by atoms with Gasteiger partial charge in [0.1, 0.15) is 5.82 Å². The molecular weight excluding hydrogens is 653 g/mol. The van der Waals surface area contributed by atoms with Gasteiger partial charge in [-0.15, -0.1) is 0 Å². The van der Waals surface area contributed by atoms with Crippen LogP contribution in [0.25, 0.3) is 10.8 Å². The first kappa shape index (κ1) is 36.6. The molecule has 51 heavy (non-hydrogen) atoms. The molecule has 1 aromatic heterocycles. The highest BCUT2D eigenvalue weighted by molar-refractivity contribution is 5.95. The number of piperazine rings is 1. The van der Waals surface area contributed by atoms with Gasteiger partial charge >= 0.3 is 0 Å². The minimum absolute atomic E-state index is 0.0268. The number of hydrogen-bond donors (Lipinski definition) is 2. The number of amides is 3. The van der Waals surface area contributed by atoms with Crippen LogP contribution in [-0.2, 0) is 20.7 Å². The maximum absolute atomic E-state index is 14.9. The molecule has 1 saturated carbocycles. The molecule has 0 unspecified atom stereocenters. The van der Waals surface area contributed by atoms with Crippen molar-refractivity contribution in [1.29, 1.82) is 0 Å². The summed E-state index contributed by atoms with van der Waals surface area (Å²) in [5, 5.41) is 7.95. The van der Waals surface area contributed by atoms with Crippen molar-refractivity contribution in [2.24, 2.45) is 11.7 Å². The molecule has 3 amide bonds. The van der Waals surface area contributed by atoms with Gasteiger partial charge in [0.2, 0.25) is 11.8 Å². The third-order valence-electron chi connectivity index (χ3n) is 10.8. The maximum Gasteiger partial charge on any atom is 0.272 e. The Balaban J connectivity index is 0.912. The molecule has 12 nitrogen and oxygen atoms in total. The van der Waals surface area contributed by atoms with E-state index in [9.17, 15) is 23.6 Å². The summed E-state index contributed by atoms with van der Waals surface area (Å²) in [6.45, 7) is 3.98. The van der Waals surface area contributed by atoms with E-state index in [4.69, 9.17) is 10.5 Å². The van der Waals surface area contributed by atoms with Crippen molar-refractivity contribution in [3.05, 3.63) is 75.5 Å². The number of rotatable bonds is 11. The lowest BCUT2D eigenvalue weighted by atomic mass is 9.83. The smallest absolute Gasteiger partial charge is 0.272 e. The lowest BCUT2D eigenvalue weighted by Gasteiger charge is -2.36. The number of aromatic nitrogens is 2. The van der Waals surface area contributed by atoms with Crippen molar-refractivity contribution in [3.8, 4) is 0 Å². The van der Waals surface area contributed by atoms with Crippen molar-refractivity contribution in [3.63, 3.8) is 0 Å². The van der Waals surface area contributed by atoms with E-state index in [1.807, 2.05) is 29.0 Å². The summed E-state index contributed by atoms with van der Waals surface area (Å²) in [6.07, 6.45) is 7.63. The van der Waals surface area contributed by atoms with E-state index in [-0.39, 0.29) is 35.6 Å². The first-order valence-electron chi connectivity index (χ1n) is 18.3. The van der Waals surface area contributed by atoms with Gasteiger partial charge in [-0.2, -0.15) is 5.10 Å². The molecule has 13 heteroatoms. The summed E-state index contributed by atoms with van der Waals surface area (Å²) in [5.41, 5.74) is 7.37. The second-order valence-electron chi connectivity index (χ2n) is 14.3. The quantitative estimate of drug-likeness (QED) is 0.310. The summed E-state index contributed by atoms with van der Waals surface area (Å²) in [7, 11) is 1.89. The number of nitrogens with zero attached hydrogens (tertiary/aromatic N) is 5. The Morgan fingerprint density at radius 3 is 2.35 bits per heavy atom. The highest BCUT2D eigenvalue weighted by atomic mass is 19.1. The van der Waals surface area contributed by atoms with Crippen LogP contribution in [0.15, 0.2) is 47.3 Å². The Kier molecular flexibility index (Phi) is 12.1. The Morgan fingerprint density at radius 1 is 0.941 bits per heavy atom. The molecule has 1 atom stereocenters. The van der Waals surface area contributed by atoms with Crippen LogP contribution in [0.5, 0.6) is 0 Å². The summed E-state index contributed by atoms with van der Waals surface area (Å²) in [6, 6.07) is 11.2. The number of nitrogens with one attached hydrogen (secondary N) is 1. The highest BCUT2D eigenvalue weighted by Crippen LogP contribution is 2.27. The number of likely N-dealkylation sites (N-methyl/N-ethyl adjacent to an activating group) is 1. The molecule has 3 fully saturated rings. The highest BCUT2D eigenvalue weighted by Gasteiger charge is 2.32. The third kappa shape index (κ3) is 9.00. The van der Waals surface area contributed by atoms with E-state index in [0.29, 0.717) is 86.8 Å². The van der Waals surface area contributed by atoms with Gasteiger partial charge in [0, 0.05) is 57.6 Å². The fourth-order valence-electron chi connectivity index (χ4n) is 7.61. The van der Waals surface area contributed by atoms with Gasteiger partial charge in [-0.3, -0.25) is 24.1 Å². The molecule has 6 rings (SSSR count). The van der Waals surface area contributed by atoms with Crippen LogP contribution in [-0.4, -0.2) is 126 Å². The Hall–Kier alpha value is -4.20. The molecule has 3 N–H and O–H groups in total. The number of nitrogens with two attached hydrogens (primary N) is 1. The second kappa shape index (κ2) is 16.9.